The summed E-state index contributed by atoms with van der Waals surface area (Å²) in [6.45, 7) is 1.27. The van der Waals surface area contributed by atoms with Crippen molar-refractivity contribution in [2.45, 2.75) is 23.3 Å². The number of para-hydroxylation sites is 2. The van der Waals surface area contributed by atoms with Gasteiger partial charge >= 0.3 is 0 Å². The van der Waals surface area contributed by atoms with Gasteiger partial charge in [0.1, 0.15) is 0 Å². The first-order valence-electron chi connectivity index (χ1n) is 9.83. The van der Waals surface area contributed by atoms with Crippen LogP contribution in [0.3, 0.4) is 0 Å². The van der Waals surface area contributed by atoms with E-state index in [4.69, 9.17) is 0 Å². The highest BCUT2D eigenvalue weighted by molar-refractivity contribution is 7.92. The Balaban J connectivity index is 1.48. The molecule has 1 unspecified atom stereocenters. The van der Waals surface area contributed by atoms with E-state index >= 15 is 0 Å². The zero-order chi connectivity index (χ0) is 19.6. The minimum absolute atomic E-state index is 0.224. The Labute approximate surface area is 170 Å². The minimum atomic E-state index is -3.60. The molecule has 3 heterocycles. The fourth-order valence-corrected chi connectivity index (χ4v) is 6.70. The lowest BCUT2D eigenvalue weighted by Crippen LogP contribution is -2.38. The molecule has 1 atom stereocenters. The Morgan fingerprint density at radius 1 is 0.793 bits per heavy atom. The summed E-state index contributed by atoms with van der Waals surface area (Å²) in [7, 11) is -3.60. The van der Waals surface area contributed by atoms with Gasteiger partial charge in [-0.1, -0.05) is 54.6 Å². The van der Waals surface area contributed by atoms with Gasteiger partial charge < -0.3 is 4.57 Å². The van der Waals surface area contributed by atoms with E-state index < -0.39 is 10.0 Å². The molecule has 4 nitrogen and oxygen atoms in total. The molecule has 0 radical (unpaired) electrons. The summed E-state index contributed by atoms with van der Waals surface area (Å²) in [5, 5.41) is 1.25. The molecule has 0 saturated carbocycles. The van der Waals surface area contributed by atoms with Gasteiger partial charge in [-0.25, -0.2) is 8.42 Å². The smallest absolute Gasteiger partial charge is 0.264 e. The molecule has 0 aliphatic carbocycles. The number of hydrogen-bond acceptors (Lipinski definition) is 2. The van der Waals surface area contributed by atoms with Crippen LogP contribution in [0, 0.1) is 0 Å². The van der Waals surface area contributed by atoms with Crippen LogP contribution in [0.15, 0.2) is 89.8 Å². The van der Waals surface area contributed by atoms with Crippen LogP contribution in [0.25, 0.3) is 10.9 Å². The average Bonchev–Trinajstić information content (AvgIpc) is 3.39. The molecule has 29 heavy (non-hydrogen) atoms. The second-order valence-corrected chi connectivity index (χ2v) is 9.94. The zero-order valence-electron chi connectivity index (χ0n) is 15.8. The van der Waals surface area contributed by atoms with Gasteiger partial charge in [-0.3, -0.25) is 4.31 Å². The van der Waals surface area contributed by atoms with E-state index in [-0.39, 0.29) is 5.41 Å². The maximum absolute atomic E-state index is 13.5. The average molecular weight is 401 g/mol. The number of sulfonamides is 1. The predicted molar refractivity (Wildman–Crippen MR) is 115 cm³/mol. The van der Waals surface area contributed by atoms with Crippen molar-refractivity contribution in [1.29, 1.82) is 0 Å². The van der Waals surface area contributed by atoms with Gasteiger partial charge in [-0.05, 0) is 41.3 Å². The van der Waals surface area contributed by atoms with Gasteiger partial charge in [0.25, 0.3) is 10.0 Å². The SMILES string of the molecule is O=S(=O)(c1ccccc1)N1CC2(Cc3cc4ccccc4n3C2)c2ccccc21. The number of benzene rings is 3. The Hall–Kier alpha value is -3.05. The summed E-state index contributed by atoms with van der Waals surface area (Å²) < 4.78 is 30.9. The van der Waals surface area contributed by atoms with E-state index in [1.165, 1.54) is 16.6 Å². The van der Waals surface area contributed by atoms with Crippen LogP contribution in [0.4, 0.5) is 5.69 Å². The molecule has 6 rings (SSSR count). The Morgan fingerprint density at radius 3 is 2.38 bits per heavy atom. The summed E-state index contributed by atoms with van der Waals surface area (Å²) in [6.07, 6.45) is 0.847. The number of hydrogen-bond donors (Lipinski definition) is 0. The van der Waals surface area contributed by atoms with Crippen molar-refractivity contribution in [1.82, 2.24) is 4.57 Å². The fraction of sp³-hybridized carbons (Fsp3) is 0.167. The highest BCUT2D eigenvalue weighted by Crippen LogP contribution is 2.49. The normalized spacial score (nSPS) is 20.3. The molecule has 3 aromatic carbocycles. The maximum atomic E-state index is 13.5. The van der Waals surface area contributed by atoms with Gasteiger partial charge in [0, 0.05) is 36.1 Å². The van der Waals surface area contributed by atoms with Crippen LogP contribution >= 0.6 is 0 Å². The van der Waals surface area contributed by atoms with Gasteiger partial charge in [0.15, 0.2) is 0 Å². The summed E-state index contributed by atoms with van der Waals surface area (Å²) in [5.74, 6) is 0. The first kappa shape index (κ1) is 16.9. The van der Waals surface area contributed by atoms with Crippen LogP contribution in [-0.2, 0) is 28.4 Å². The molecule has 2 aliphatic heterocycles. The molecule has 144 valence electrons. The predicted octanol–water partition coefficient (Wildman–Crippen LogP) is 4.34. The summed E-state index contributed by atoms with van der Waals surface area (Å²) in [4.78, 5) is 0.343. The first-order valence-corrected chi connectivity index (χ1v) is 11.3. The van der Waals surface area contributed by atoms with Crippen molar-refractivity contribution in [3.05, 3.63) is 96.2 Å². The fourth-order valence-electron chi connectivity index (χ4n) is 5.11. The van der Waals surface area contributed by atoms with E-state index in [0.717, 1.165) is 24.2 Å². The lowest BCUT2D eigenvalue weighted by atomic mass is 9.80. The van der Waals surface area contributed by atoms with E-state index in [2.05, 4.69) is 41.0 Å². The molecule has 1 aromatic heterocycles. The molecule has 0 fully saturated rings. The van der Waals surface area contributed by atoms with E-state index in [1.807, 2.05) is 24.3 Å². The van der Waals surface area contributed by atoms with Crippen molar-refractivity contribution in [3.63, 3.8) is 0 Å². The Kier molecular flexibility index (Phi) is 3.34. The summed E-state index contributed by atoms with van der Waals surface area (Å²) >= 11 is 0. The van der Waals surface area contributed by atoms with Crippen LogP contribution in [0.1, 0.15) is 11.3 Å². The minimum Gasteiger partial charge on any atom is -0.344 e. The second kappa shape index (κ2) is 5.74. The largest absolute Gasteiger partial charge is 0.344 e. The third-order valence-electron chi connectivity index (χ3n) is 6.40. The van der Waals surface area contributed by atoms with Crippen molar-refractivity contribution >= 4 is 26.6 Å². The van der Waals surface area contributed by atoms with E-state index in [0.29, 0.717) is 11.4 Å². The molecule has 0 bridgehead atoms. The molecule has 5 heteroatoms. The zero-order valence-corrected chi connectivity index (χ0v) is 16.6. The lowest BCUT2D eigenvalue weighted by molar-refractivity contribution is 0.453. The van der Waals surface area contributed by atoms with Gasteiger partial charge in [-0.15, -0.1) is 0 Å². The summed E-state index contributed by atoms with van der Waals surface area (Å²) in [5.41, 5.74) is 4.22. The van der Waals surface area contributed by atoms with Crippen LogP contribution in [0.2, 0.25) is 0 Å². The Morgan fingerprint density at radius 2 is 1.52 bits per heavy atom. The molecule has 0 N–H and O–H groups in total. The monoisotopic (exact) mass is 400 g/mol. The highest BCUT2D eigenvalue weighted by Gasteiger charge is 2.50. The van der Waals surface area contributed by atoms with Crippen LogP contribution < -0.4 is 4.31 Å². The number of anilines is 1. The third kappa shape index (κ3) is 2.28. The molecule has 1 spiro atoms. The van der Waals surface area contributed by atoms with Crippen molar-refractivity contribution in [2.75, 3.05) is 10.8 Å². The molecular formula is C24H20N2O2S. The number of nitrogens with zero attached hydrogens (tertiary/aromatic N) is 2. The number of rotatable bonds is 2. The lowest BCUT2D eigenvalue weighted by Gasteiger charge is -2.25. The van der Waals surface area contributed by atoms with Crippen LogP contribution in [0.5, 0.6) is 0 Å². The van der Waals surface area contributed by atoms with Gasteiger partial charge in [0.05, 0.1) is 10.6 Å². The van der Waals surface area contributed by atoms with E-state index in [1.54, 1.807) is 28.6 Å². The highest BCUT2D eigenvalue weighted by atomic mass is 32.2. The molecule has 0 amide bonds. The van der Waals surface area contributed by atoms with Gasteiger partial charge in [0.2, 0.25) is 0 Å². The van der Waals surface area contributed by atoms with Crippen molar-refractivity contribution < 1.29 is 8.42 Å². The number of aromatic nitrogens is 1. The van der Waals surface area contributed by atoms with Crippen molar-refractivity contribution in [3.8, 4) is 0 Å². The molecule has 4 aromatic rings. The second-order valence-electron chi connectivity index (χ2n) is 8.08. The third-order valence-corrected chi connectivity index (χ3v) is 8.17. The molecule has 2 aliphatic rings. The number of fused-ring (bicyclic) bond motifs is 5. The molecular weight excluding hydrogens is 380 g/mol. The first-order chi connectivity index (χ1) is 14.1. The van der Waals surface area contributed by atoms with Crippen molar-refractivity contribution in [2.24, 2.45) is 0 Å². The van der Waals surface area contributed by atoms with Gasteiger partial charge in [-0.2, -0.15) is 0 Å². The standard InChI is InChI=1S/C24H20N2O2S/c27-29(28,20-9-2-1-3-10-20)26-17-24(21-11-5-7-13-23(21)26)15-19-14-18-8-4-6-12-22(18)25(19)16-24/h1-14H,15-17H2. The maximum Gasteiger partial charge on any atom is 0.264 e. The quantitative estimate of drug-likeness (QED) is 0.502. The Bertz CT molecular complexity index is 1360. The molecule has 0 saturated heterocycles. The summed E-state index contributed by atoms with van der Waals surface area (Å²) in [6, 6.07) is 27.4. The van der Waals surface area contributed by atoms with E-state index in [9.17, 15) is 8.42 Å². The topological polar surface area (TPSA) is 42.3 Å². The van der Waals surface area contributed by atoms with Crippen LogP contribution in [-0.4, -0.2) is 19.5 Å².